The monoisotopic (exact) mass is 366 g/mol. The number of aryl methyl sites for hydroxylation is 1. The Hall–Kier alpha value is -2.63. The van der Waals surface area contributed by atoms with Gasteiger partial charge in [0, 0.05) is 6.42 Å². The number of rotatable bonds is 5. The minimum Gasteiger partial charge on any atom is -0.490 e. The number of H-pyrrole nitrogens is 2. The van der Waals surface area contributed by atoms with Crippen LogP contribution in [0.25, 0.3) is 11.0 Å². The zero-order valence-corrected chi connectivity index (χ0v) is 16.1. The van der Waals surface area contributed by atoms with E-state index in [2.05, 4.69) is 53.1 Å². The van der Waals surface area contributed by atoms with Crippen LogP contribution in [0.15, 0.2) is 23.0 Å². The molecule has 1 fully saturated rings. The molecule has 0 saturated heterocycles. The predicted molar refractivity (Wildman–Crippen MR) is 105 cm³/mol. The molecular formula is C21H26N4O2. The first kappa shape index (κ1) is 17.8. The van der Waals surface area contributed by atoms with Gasteiger partial charge in [-0.1, -0.05) is 26.0 Å². The van der Waals surface area contributed by atoms with E-state index in [0.717, 1.165) is 35.4 Å². The molecule has 2 N–H and O–H groups in total. The average Bonchev–Trinajstić information content (AvgIpc) is 3.27. The second-order valence-electron chi connectivity index (χ2n) is 7.80. The molecule has 0 bridgehead atoms. The van der Waals surface area contributed by atoms with Gasteiger partial charge < -0.3 is 9.72 Å². The summed E-state index contributed by atoms with van der Waals surface area (Å²) in [5.41, 5.74) is 3.96. The summed E-state index contributed by atoms with van der Waals surface area (Å²) in [5.74, 6) is 1.84. The molecule has 1 aromatic carbocycles. The number of ether oxygens (including phenoxy) is 1. The summed E-state index contributed by atoms with van der Waals surface area (Å²) in [6.07, 6.45) is 5.74. The maximum absolute atomic E-state index is 12.3. The highest BCUT2D eigenvalue weighted by Gasteiger charge is 2.18. The maximum Gasteiger partial charge on any atom is 0.279 e. The van der Waals surface area contributed by atoms with Gasteiger partial charge in [0.15, 0.2) is 5.52 Å². The molecule has 0 spiro atoms. The van der Waals surface area contributed by atoms with E-state index in [1.165, 1.54) is 12.8 Å². The molecular weight excluding hydrogens is 340 g/mol. The Labute approximate surface area is 158 Å². The number of fused-ring (bicyclic) bond motifs is 1. The lowest BCUT2D eigenvalue weighted by atomic mass is 10.1. The number of aromatic amines is 2. The second-order valence-corrected chi connectivity index (χ2v) is 7.80. The van der Waals surface area contributed by atoms with Crippen molar-refractivity contribution in [1.82, 2.24) is 20.2 Å². The van der Waals surface area contributed by atoms with E-state index >= 15 is 0 Å². The summed E-state index contributed by atoms with van der Waals surface area (Å²) in [6, 6.07) is 6.21. The summed E-state index contributed by atoms with van der Waals surface area (Å²) < 4.78 is 6.13. The number of nitrogens with zero attached hydrogens (tertiary/aromatic N) is 2. The van der Waals surface area contributed by atoms with Crippen molar-refractivity contribution in [1.29, 1.82) is 0 Å². The summed E-state index contributed by atoms with van der Waals surface area (Å²) in [6.45, 7) is 6.18. The fraction of sp³-hybridized carbons (Fsp3) is 0.476. The van der Waals surface area contributed by atoms with E-state index in [1.807, 2.05) is 6.07 Å². The van der Waals surface area contributed by atoms with Crippen LogP contribution in [0.3, 0.4) is 0 Å². The van der Waals surface area contributed by atoms with E-state index in [1.54, 1.807) is 0 Å². The molecule has 4 rings (SSSR count). The largest absolute Gasteiger partial charge is 0.490 e. The van der Waals surface area contributed by atoms with Gasteiger partial charge in [0.25, 0.3) is 5.56 Å². The topological polar surface area (TPSA) is 83.7 Å². The Bertz CT molecular complexity index is 1010. The molecule has 2 heterocycles. The molecule has 0 amide bonds. The van der Waals surface area contributed by atoms with Crippen LogP contribution < -0.4 is 10.3 Å². The van der Waals surface area contributed by atoms with E-state index in [-0.39, 0.29) is 11.5 Å². The van der Waals surface area contributed by atoms with Crippen LogP contribution in [0.4, 0.5) is 0 Å². The van der Waals surface area contributed by atoms with Gasteiger partial charge in [0.1, 0.15) is 17.1 Å². The lowest BCUT2D eigenvalue weighted by Gasteiger charge is -2.15. The molecule has 27 heavy (non-hydrogen) atoms. The van der Waals surface area contributed by atoms with Crippen molar-refractivity contribution in [3.8, 4) is 5.75 Å². The van der Waals surface area contributed by atoms with Crippen LogP contribution in [-0.4, -0.2) is 26.3 Å². The Kier molecular flexibility index (Phi) is 4.72. The lowest BCUT2D eigenvalue weighted by molar-refractivity contribution is 0.208. The molecule has 6 nitrogen and oxygen atoms in total. The van der Waals surface area contributed by atoms with E-state index in [0.29, 0.717) is 29.4 Å². The first-order valence-electron chi connectivity index (χ1n) is 9.74. The lowest BCUT2D eigenvalue weighted by Crippen LogP contribution is -2.13. The Morgan fingerprint density at radius 2 is 2.00 bits per heavy atom. The predicted octanol–water partition coefficient (Wildman–Crippen LogP) is 3.99. The fourth-order valence-corrected chi connectivity index (χ4v) is 3.79. The molecule has 3 aromatic rings. The maximum atomic E-state index is 12.3. The van der Waals surface area contributed by atoms with E-state index in [9.17, 15) is 4.79 Å². The Morgan fingerprint density at radius 3 is 2.70 bits per heavy atom. The van der Waals surface area contributed by atoms with E-state index in [4.69, 9.17) is 4.74 Å². The van der Waals surface area contributed by atoms with Crippen molar-refractivity contribution < 1.29 is 4.74 Å². The van der Waals surface area contributed by atoms with Crippen LogP contribution in [0, 0.1) is 6.92 Å². The average molecular weight is 366 g/mol. The van der Waals surface area contributed by atoms with Crippen LogP contribution in [0.5, 0.6) is 5.75 Å². The van der Waals surface area contributed by atoms with Gasteiger partial charge in [-0.05, 0) is 55.7 Å². The van der Waals surface area contributed by atoms with Crippen LogP contribution in [0.1, 0.15) is 68.1 Å². The zero-order chi connectivity index (χ0) is 19.0. The highest BCUT2D eigenvalue weighted by molar-refractivity contribution is 5.76. The first-order chi connectivity index (χ1) is 13.0. The summed E-state index contributed by atoms with van der Waals surface area (Å²) >= 11 is 0. The molecule has 2 aromatic heterocycles. The molecule has 6 heteroatoms. The van der Waals surface area contributed by atoms with Crippen molar-refractivity contribution >= 4 is 11.0 Å². The fourth-order valence-electron chi connectivity index (χ4n) is 3.79. The summed E-state index contributed by atoms with van der Waals surface area (Å²) in [7, 11) is 0. The normalized spacial score (nSPS) is 15.1. The van der Waals surface area contributed by atoms with Crippen molar-refractivity contribution in [2.75, 3.05) is 0 Å². The van der Waals surface area contributed by atoms with Crippen LogP contribution >= 0.6 is 0 Å². The van der Waals surface area contributed by atoms with Crippen molar-refractivity contribution in [2.45, 2.75) is 64.9 Å². The van der Waals surface area contributed by atoms with Gasteiger partial charge in [0.2, 0.25) is 0 Å². The first-order valence-corrected chi connectivity index (χ1v) is 9.74. The summed E-state index contributed by atoms with van der Waals surface area (Å²) in [5, 5.41) is 7.06. The smallest absolute Gasteiger partial charge is 0.279 e. The van der Waals surface area contributed by atoms with Gasteiger partial charge in [-0.3, -0.25) is 9.89 Å². The highest BCUT2D eigenvalue weighted by Crippen LogP contribution is 2.27. The van der Waals surface area contributed by atoms with Gasteiger partial charge in [0.05, 0.1) is 11.8 Å². The van der Waals surface area contributed by atoms with Gasteiger partial charge >= 0.3 is 0 Å². The van der Waals surface area contributed by atoms with Crippen LogP contribution in [-0.2, 0) is 6.42 Å². The van der Waals surface area contributed by atoms with Crippen molar-refractivity contribution in [3.63, 3.8) is 0 Å². The molecule has 142 valence electrons. The third-order valence-electron chi connectivity index (χ3n) is 5.27. The quantitative estimate of drug-likeness (QED) is 0.715. The molecule has 0 radical (unpaired) electrons. The number of aromatic nitrogens is 4. The third kappa shape index (κ3) is 3.61. The molecule has 1 aliphatic carbocycles. The standard InChI is InChI=1S/C21H26N4O2/c1-12(2)18-19-20(25-24-18)21(26)23-17(22-19)11-14-8-9-16(13(3)10-14)27-15-6-4-5-7-15/h8-10,12,15H,4-7,11H2,1-3H3,(H,24,25)(H,22,23,26). The molecule has 0 unspecified atom stereocenters. The summed E-state index contributed by atoms with van der Waals surface area (Å²) in [4.78, 5) is 19.9. The number of benzene rings is 1. The minimum absolute atomic E-state index is 0.198. The molecule has 0 aliphatic heterocycles. The number of hydrogen-bond donors (Lipinski definition) is 2. The minimum atomic E-state index is -0.198. The Morgan fingerprint density at radius 1 is 1.22 bits per heavy atom. The molecule has 1 aliphatic rings. The molecule has 0 atom stereocenters. The number of nitrogens with one attached hydrogen (secondary N) is 2. The van der Waals surface area contributed by atoms with Gasteiger partial charge in [-0.25, -0.2) is 4.98 Å². The highest BCUT2D eigenvalue weighted by atomic mass is 16.5. The van der Waals surface area contributed by atoms with Crippen LogP contribution in [0.2, 0.25) is 0 Å². The van der Waals surface area contributed by atoms with E-state index < -0.39 is 0 Å². The molecule has 1 saturated carbocycles. The third-order valence-corrected chi connectivity index (χ3v) is 5.27. The SMILES string of the molecule is Cc1cc(Cc2nc3c(C(C)C)[nH]nc3c(=O)[nH]2)ccc1OC1CCCC1. The van der Waals surface area contributed by atoms with Gasteiger partial charge in [-0.15, -0.1) is 0 Å². The Balaban J connectivity index is 1.59. The van der Waals surface area contributed by atoms with Crippen molar-refractivity contribution in [3.05, 3.63) is 51.2 Å². The van der Waals surface area contributed by atoms with Crippen molar-refractivity contribution in [2.24, 2.45) is 0 Å². The number of hydrogen-bond acceptors (Lipinski definition) is 4. The zero-order valence-electron chi connectivity index (χ0n) is 16.1. The van der Waals surface area contributed by atoms with Gasteiger partial charge in [-0.2, -0.15) is 5.10 Å². The second kappa shape index (κ2) is 7.18.